The molecule has 7 nitrogen and oxygen atoms in total. The highest BCUT2D eigenvalue weighted by Gasteiger charge is 2.25. The molecule has 0 spiro atoms. The minimum absolute atomic E-state index is 0.00677. The van der Waals surface area contributed by atoms with E-state index in [0.29, 0.717) is 18.3 Å². The summed E-state index contributed by atoms with van der Waals surface area (Å²) >= 11 is 0. The van der Waals surface area contributed by atoms with Crippen LogP contribution in [0.4, 0.5) is 17.5 Å². The van der Waals surface area contributed by atoms with Crippen molar-refractivity contribution in [3.63, 3.8) is 0 Å². The van der Waals surface area contributed by atoms with Gasteiger partial charge in [0.05, 0.1) is 11.1 Å². The van der Waals surface area contributed by atoms with Crippen molar-refractivity contribution in [2.24, 2.45) is 0 Å². The van der Waals surface area contributed by atoms with Gasteiger partial charge in [-0.1, -0.05) is 54.1 Å². The topological polar surface area (TPSA) is 84.4 Å². The van der Waals surface area contributed by atoms with Gasteiger partial charge in [0.25, 0.3) is 0 Å². The van der Waals surface area contributed by atoms with E-state index >= 15 is 0 Å². The predicted octanol–water partition coefficient (Wildman–Crippen LogP) is 5.62. The Morgan fingerprint density at radius 2 is 1.61 bits per heavy atom. The Bertz CT molecular complexity index is 1460. The number of ether oxygens (including phenoxy) is 1. The van der Waals surface area contributed by atoms with Gasteiger partial charge in [0.2, 0.25) is 15.8 Å². The second-order valence-electron chi connectivity index (χ2n) is 8.93. The normalized spacial score (nSPS) is 11.2. The molecule has 186 valence electrons. The number of hydrogen-bond donors (Lipinski definition) is 1. The van der Waals surface area contributed by atoms with Gasteiger partial charge in [-0.3, -0.25) is 0 Å². The lowest BCUT2D eigenvalue weighted by Gasteiger charge is -2.18. The summed E-state index contributed by atoms with van der Waals surface area (Å²) in [4.78, 5) is 10.7. The van der Waals surface area contributed by atoms with Crippen LogP contribution in [0, 0.1) is 20.8 Å². The molecule has 1 heterocycles. The van der Waals surface area contributed by atoms with E-state index < -0.39 is 9.84 Å². The molecule has 0 bridgehead atoms. The van der Waals surface area contributed by atoms with Crippen molar-refractivity contribution >= 4 is 27.3 Å². The average molecular weight is 503 g/mol. The van der Waals surface area contributed by atoms with Crippen molar-refractivity contribution in [3.05, 3.63) is 95.2 Å². The monoisotopic (exact) mass is 502 g/mol. The van der Waals surface area contributed by atoms with Gasteiger partial charge < -0.3 is 15.0 Å². The summed E-state index contributed by atoms with van der Waals surface area (Å²) in [6.45, 7) is 6.33. The Hall–Kier alpha value is -3.91. The van der Waals surface area contributed by atoms with Gasteiger partial charge >= 0.3 is 0 Å². The molecule has 0 radical (unpaired) electrons. The van der Waals surface area contributed by atoms with Crippen molar-refractivity contribution < 1.29 is 13.2 Å². The third-order valence-electron chi connectivity index (χ3n) is 5.72. The number of aromatic nitrogens is 2. The van der Waals surface area contributed by atoms with Gasteiger partial charge in [-0.2, -0.15) is 4.98 Å². The maximum atomic E-state index is 13.8. The first kappa shape index (κ1) is 25.2. The molecule has 0 amide bonds. The van der Waals surface area contributed by atoms with Crippen LogP contribution in [0.3, 0.4) is 0 Å². The summed E-state index contributed by atoms with van der Waals surface area (Å²) in [6.07, 6.45) is 1.36. The molecular formula is C28H30N4O3S. The summed E-state index contributed by atoms with van der Waals surface area (Å²) in [5.41, 5.74) is 4.94. The number of hydrogen-bond acceptors (Lipinski definition) is 7. The van der Waals surface area contributed by atoms with E-state index in [1.165, 1.54) is 12.3 Å². The second kappa shape index (κ2) is 10.4. The zero-order valence-corrected chi connectivity index (χ0v) is 21.9. The third-order valence-corrected chi connectivity index (χ3v) is 7.47. The molecule has 0 aliphatic rings. The SMILES string of the molecule is Cc1cc(C)c(Nc2nc(N(C)C)ncc2S(=O)(=O)c2cccc(OCc3ccccc3)c2)c(C)c1. The standard InChI is InChI=1S/C28H30N4O3S/c1-19-14-20(2)26(21(3)15-19)30-27-25(17-29-28(31-27)32(4)5)36(33,34)24-13-9-12-23(16-24)35-18-22-10-7-6-8-11-22/h6-17H,18H2,1-5H3,(H,29,30,31). The molecule has 0 aliphatic carbocycles. The summed E-state index contributed by atoms with van der Waals surface area (Å²) in [5.74, 6) is 1.09. The third kappa shape index (κ3) is 5.49. The van der Waals surface area contributed by atoms with Crippen molar-refractivity contribution in [3.8, 4) is 5.75 Å². The Morgan fingerprint density at radius 1 is 0.917 bits per heavy atom. The lowest BCUT2D eigenvalue weighted by Crippen LogP contribution is -2.16. The number of sulfone groups is 1. The molecular weight excluding hydrogens is 472 g/mol. The van der Waals surface area contributed by atoms with Crippen LogP contribution in [0.2, 0.25) is 0 Å². The van der Waals surface area contributed by atoms with Crippen LogP contribution in [0.5, 0.6) is 5.75 Å². The predicted molar refractivity (Wildman–Crippen MR) is 143 cm³/mol. The molecule has 0 unspecified atom stereocenters. The minimum Gasteiger partial charge on any atom is -0.489 e. The van der Waals surface area contributed by atoms with Crippen LogP contribution in [0.15, 0.2) is 82.7 Å². The molecule has 8 heteroatoms. The molecule has 1 aromatic heterocycles. The maximum Gasteiger partial charge on any atom is 0.226 e. The van der Waals surface area contributed by atoms with Gasteiger partial charge in [0.15, 0.2) is 5.82 Å². The fourth-order valence-electron chi connectivity index (χ4n) is 3.96. The zero-order chi connectivity index (χ0) is 25.9. The molecule has 0 saturated heterocycles. The van der Waals surface area contributed by atoms with E-state index in [1.54, 1.807) is 23.1 Å². The summed E-state index contributed by atoms with van der Waals surface area (Å²) < 4.78 is 33.4. The Balaban J connectivity index is 1.72. The summed E-state index contributed by atoms with van der Waals surface area (Å²) in [5, 5.41) is 3.28. The number of nitrogens with one attached hydrogen (secondary N) is 1. The smallest absolute Gasteiger partial charge is 0.226 e. The largest absolute Gasteiger partial charge is 0.489 e. The molecule has 1 N–H and O–H groups in total. The van der Waals surface area contributed by atoms with Crippen LogP contribution in [0.25, 0.3) is 0 Å². The van der Waals surface area contributed by atoms with Gasteiger partial charge in [-0.05, 0) is 55.7 Å². The van der Waals surface area contributed by atoms with E-state index in [0.717, 1.165) is 27.9 Å². The van der Waals surface area contributed by atoms with E-state index in [4.69, 9.17) is 4.74 Å². The molecule has 0 fully saturated rings. The average Bonchev–Trinajstić information content (AvgIpc) is 2.85. The highest BCUT2D eigenvalue weighted by Crippen LogP contribution is 2.33. The number of nitrogens with zero attached hydrogens (tertiary/aromatic N) is 3. The quantitative estimate of drug-likeness (QED) is 0.335. The van der Waals surface area contributed by atoms with Crippen LogP contribution in [-0.4, -0.2) is 32.5 Å². The van der Waals surface area contributed by atoms with Crippen molar-refractivity contribution in [2.45, 2.75) is 37.2 Å². The van der Waals surface area contributed by atoms with E-state index in [-0.39, 0.29) is 15.6 Å². The van der Waals surface area contributed by atoms with Gasteiger partial charge in [0, 0.05) is 19.8 Å². The van der Waals surface area contributed by atoms with Gasteiger partial charge in [-0.15, -0.1) is 0 Å². The molecule has 0 aliphatic heterocycles. The van der Waals surface area contributed by atoms with Gasteiger partial charge in [-0.25, -0.2) is 13.4 Å². The molecule has 0 saturated carbocycles. The summed E-state index contributed by atoms with van der Waals surface area (Å²) in [6, 6.07) is 20.3. The van der Waals surface area contributed by atoms with Crippen LogP contribution < -0.4 is 15.0 Å². The molecule has 3 aromatic carbocycles. The van der Waals surface area contributed by atoms with Crippen LogP contribution in [0.1, 0.15) is 22.3 Å². The van der Waals surface area contributed by atoms with Gasteiger partial charge in [0.1, 0.15) is 17.3 Å². The zero-order valence-electron chi connectivity index (χ0n) is 21.1. The minimum atomic E-state index is -3.96. The highest BCUT2D eigenvalue weighted by molar-refractivity contribution is 7.91. The van der Waals surface area contributed by atoms with Crippen molar-refractivity contribution in [1.82, 2.24) is 9.97 Å². The first-order valence-corrected chi connectivity index (χ1v) is 13.0. The number of rotatable bonds is 8. The highest BCUT2D eigenvalue weighted by atomic mass is 32.2. The fraction of sp³-hybridized carbons (Fsp3) is 0.214. The van der Waals surface area contributed by atoms with Crippen molar-refractivity contribution in [1.29, 1.82) is 0 Å². The lowest BCUT2D eigenvalue weighted by molar-refractivity contribution is 0.305. The number of aryl methyl sites for hydroxylation is 3. The van der Waals surface area contributed by atoms with Crippen LogP contribution >= 0.6 is 0 Å². The Morgan fingerprint density at radius 3 is 2.28 bits per heavy atom. The number of anilines is 3. The first-order valence-electron chi connectivity index (χ1n) is 11.6. The molecule has 0 atom stereocenters. The molecule has 4 rings (SSSR count). The Kier molecular flexibility index (Phi) is 7.26. The van der Waals surface area contributed by atoms with E-state index in [9.17, 15) is 8.42 Å². The first-order chi connectivity index (χ1) is 17.1. The maximum absolute atomic E-state index is 13.8. The Labute approximate surface area is 212 Å². The lowest BCUT2D eigenvalue weighted by atomic mass is 10.1. The fourth-order valence-corrected chi connectivity index (χ4v) is 5.28. The molecule has 4 aromatic rings. The van der Waals surface area contributed by atoms with Crippen molar-refractivity contribution in [2.75, 3.05) is 24.3 Å². The molecule has 36 heavy (non-hydrogen) atoms. The van der Waals surface area contributed by atoms with E-state index in [2.05, 4.69) is 15.3 Å². The van der Waals surface area contributed by atoms with E-state index in [1.807, 2.05) is 77.3 Å². The number of benzene rings is 3. The summed E-state index contributed by atoms with van der Waals surface area (Å²) in [7, 11) is -0.340. The van der Waals surface area contributed by atoms with Crippen LogP contribution in [-0.2, 0) is 16.4 Å². The second-order valence-corrected chi connectivity index (χ2v) is 10.8.